The van der Waals surface area contributed by atoms with Crippen molar-refractivity contribution in [3.05, 3.63) is 29.6 Å². The molecule has 0 bridgehead atoms. The Labute approximate surface area is 131 Å². The van der Waals surface area contributed by atoms with Crippen LogP contribution in [0.25, 0.3) is 0 Å². The van der Waals surface area contributed by atoms with E-state index in [1.165, 1.54) is 0 Å². The summed E-state index contributed by atoms with van der Waals surface area (Å²) in [5.74, 6) is -0.199. The van der Waals surface area contributed by atoms with Crippen LogP contribution in [0.5, 0.6) is 0 Å². The summed E-state index contributed by atoms with van der Waals surface area (Å²) in [4.78, 5) is 3.94. The van der Waals surface area contributed by atoms with Gasteiger partial charge in [-0.2, -0.15) is 0 Å². The summed E-state index contributed by atoms with van der Waals surface area (Å²) in [5, 5.41) is 12.9. The van der Waals surface area contributed by atoms with Gasteiger partial charge in [-0.3, -0.25) is 0 Å². The highest BCUT2D eigenvalue weighted by Crippen LogP contribution is 2.21. The van der Waals surface area contributed by atoms with E-state index in [0.29, 0.717) is 38.5 Å². The molecule has 1 atom stereocenters. The van der Waals surface area contributed by atoms with Crippen molar-refractivity contribution in [1.29, 1.82) is 0 Å². The molecule has 0 amide bonds. The van der Waals surface area contributed by atoms with Crippen LogP contribution in [-0.4, -0.2) is 69.6 Å². The number of aliphatic hydroxyl groups is 1. The Hall–Kier alpha value is -1.21. The first-order valence-electron chi connectivity index (χ1n) is 7.71. The smallest absolute Gasteiger partial charge is 0.146 e. The molecule has 124 valence electrons. The van der Waals surface area contributed by atoms with Gasteiger partial charge in [0.15, 0.2) is 0 Å². The lowest BCUT2D eigenvalue weighted by Crippen LogP contribution is -2.36. The Morgan fingerprint density at radius 2 is 2.09 bits per heavy atom. The van der Waals surface area contributed by atoms with Crippen molar-refractivity contribution in [2.45, 2.75) is 12.6 Å². The fourth-order valence-electron chi connectivity index (χ4n) is 2.59. The Bertz CT molecular complexity index is 465. The first-order chi connectivity index (χ1) is 10.6. The zero-order valence-corrected chi connectivity index (χ0v) is 13.4. The molecule has 1 heterocycles. The number of nitrogens with zero attached hydrogens (tertiary/aromatic N) is 2. The highest BCUT2D eigenvalue weighted by molar-refractivity contribution is 5.49. The van der Waals surface area contributed by atoms with E-state index in [9.17, 15) is 9.50 Å². The average molecular weight is 311 g/mol. The minimum Gasteiger partial charge on any atom is -0.390 e. The quantitative estimate of drug-likeness (QED) is 0.775. The molecule has 0 saturated carbocycles. The van der Waals surface area contributed by atoms with Crippen molar-refractivity contribution in [2.24, 2.45) is 0 Å². The number of hydrogen-bond donors (Lipinski definition) is 2. The lowest BCUT2D eigenvalue weighted by Gasteiger charge is -2.29. The monoisotopic (exact) mass is 311 g/mol. The molecule has 22 heavy (non-hydrogen) atoms. The first-order valence-corrected chi connectivity index (χ1v) is 7.71. The van der Waals surface area contributed by atoms with Crippen LogP contribution in [0, 0.1) is 5.82 Å². The van der Waals surface area contributed by atoms with Crippen LogP contribution in [0.3, 0.4) is 0 Å². The van der Waals surface area contributed by atoms with Crippen molar-refractivity contribution in [3.63, 3.8) is 0 Å². The molecule has 2 rings (SSSR count). The summed E-state index contributed by atoms with van der Waals surface area (Å²) in [6, 6.07) is 5.32. The van der Waals surface area contributed by atoms with Gasteiger partial charge in [0.2, 0.25) is 0 Å². The maximum atomic E-state index is 14.2. The second kappa shape index (κ2) is 8.43. The van der Waals surface area contributed by atoms with E-state index in [4.69, 9.17) is 4.74 Å². The number of nitrogens with one attached hydrogen (secondary N) is 1. The standard InChI is InChI=1S/C16H26FN3O2/c1-19(2)12-14(21)11-18-10-13-3-4-16(15(17)9-13)20-5-7-22-8-6-20/h3-4,9,14,18,21H,5-8,10-12H2,1-2H3. The Morgan fingerprint density at radius 3 is 2.73 bits per heavy atom. The maximum absolute atomic E-state index is 14.2. The molecule has 1 fully saturated rings. The highest BCUT2D eigenvalue weighted by Gasteiger charge is 2.15. The molecular formula is C16H26FN3O2. The Kier molecular flexibility index (Phi) is 6.57. The third kappa shape index (κ3) is 5.21. The van der Waals surface area contributed by atoms with Crippen LogP contribution in [0.4, 0.5) is 10.1 Å². The molecule has 2 N–H and O–H groups in total. The molecule has 1 saturated heterocycles. The fraction of sp³-hybridized carbons (Fsp3) is 0.625. The van der Waals surface area contributed by atoms with E-state index in [2.05, 4.69) is 5.32 Å². The molecule has 0 aliphatic carbocycles. The molecule has 1 aliphatic heterocycles. The lowest BCUT2D eigenvalue weighted by molar-refractivity contribution is 0.122. The van der Waals surface area contributed by atoms with Crippen molar-refractivity contribution < 1.29 is 14.2 Å². The van der Waals surface area contributed by atoms with Crippen molar-refractivity contribution in [3.8, 4) is 0 Å². The fourth-order valence-corrected chi connectivity index (χ4v) is 2.59. The van der Waals surface area contributed by atoms with E-state index in [-0.39, 0.29) is 5.82 Å². The van der Waals surface area contributed by atoms with E-state index in [1.807, 2.05) is 36.0 Å². The SMILES string of the molecule is CN(C)CC(O)CNCc1ccc(N2CCOCC2)c(F)c1. The Morgan fingerprint density at radius 1 is 1.36 bits per heavy atom. The number of morpholine rings is 1. The number of ether oxygens (including phenoxy) is 1. The van der Waals surface area contributed by atoms with Crippen molar-refractivity contribution in [1.82, 2.24) is 10.2 Å². The summed E-state index contributed by atoms with van der Waals surface area (Å²) in [7, 11) is 3.84. The summed E-state index contributed by atoms with van der Waals surface area (Å²) in [6.07, 6.45) is -0.424. The van der Waals surface area contributed by atoms with E-state index in [0.717, 1.165) is 18.7 Å². The topological polar surface area (TPSA) is 48.0 Å². The molecule has 0 aromatic heterocycles. The molecule has 0 spiro atoms. The Balaban J connectivity index is 1.84. The lowest BCUT2D eigenvalue weighted by atomic mass is 10.1. The zero-order chi connectivity index (χ0) is 15.9. The third-order valence-corrected chi connectivity index (χ3v) is 3.65. The van der Waals surface area contributed by atoms with Gasteiger partial charge >= 0.3 is 0 Å². The minimum atomic E-state index is -0.424. The van der Waals surface area contributed by atoms with Crippen LogP contribution in [0.2, 0.25) is 0 Å². The molecule has 5 nitrogen and oxygen atoms in total. The second-order valence-corrected chi connectivity index (χ2v) is 5.93. The van der Waals surface area contributed by atoms with E-state index in [1.54, 1.807) is 6.07 Å². The van der Waals surface area contributed by atoms with Gasteiger partial charge in [-0.15, -0.1) is 0 Å². The highest BCUT2D eigenvalue weighted by atomic mass is 19.1. The number of rotatable bonds is 7. The minimum absolute atomic E-state index is 0.199. The van der Waals surface area contributed by atoms with Crippen LogP contribution >= 0.6 is 0 Å². The largest absolute Gasteiger partial charge is 0.390 e. The number of aliphatic hydroxyl groups excluding tert-OH is 1. The zero-order valence-electron chi connectivity index (χ0n) is 13.4. The first kappa shape index (κ1) is 17.1. The van der Waals surface area contributed by atoms with Gasteiger partial charge in [0.1, 0.15) is 5.82 Å². The average Bonchev–Trinajstić information content (AvgIpc) is 2.47. The molecule has 0 radical (unpaired) electrons. The summed E-state index contributed by atoms with van der Waals surface area (Å²) in [5.41, 5.74) is 1.52. The molecule has 1 aliphatic rings. The van der Waals surface area contributed by atoms with Crippen LogP contribution in [-0.2, 0) is 11.3 Å². The molecular weight excluding hydrogens is 285 g/mol. The number of benzene rings is 1. The van der Waals surface area contributed by atoms with Gasteiger partial charge in [0, 0.05) is 32.7 Å². The number of anilines is 1. The van der Waals surface area contributed by atoms with E-state index < -0.39 is 6.10 Å². The number of halogens is 1. The van der Waals surface area contributed by atoms with Crippen LogP contribution in [0.1, 0.15) is 5.56 Å². The van der Waals surface area contributed by atoms with Gasteiger partial charge in [-0.05, 0) is 31.8 Å². The summed E-state index contributed by atoms with van der Waals surface area (Å²) in [6.45, 7) is 4.39. The van der Waals surface area contributed by atoms with Gasteiger partial charge < -0.3 is 25.0 Å². The van der Waals surface area contributed by atoms with Gasteiger partial charge in [-0.1, -0.05) is 6.07 Å². The molecule has 6 heteroatoms. The van der Waals surface area contributed by atoms with E-state index >= 15 is 0 Å². The second-order valence-electron chi connectivity index (χ2n) is 5.93. The number of likely N-dealkylation sites (N-methyl/N-ethyl adjacent to an activating group) is 1. The predicted octanol–water partition coefficient (Wildman–Crippen LogP) is 0.674. The van der Waals surface area contributed by atoms with Gasteiger partial charge in [0.25, 0.3) is 0 Å². The summed E-state index contributed by atoms with van der Waals surface area (Å²) >= 11 is 0. The van der Waals surface area contributed by atoms with Gasteiger partial charge in [0.05, 0.1) is 25.0 Å². The molecule has 1 aromatic carbocycles. The number of hydrogen-bond acceptors (Lipinski definition) is 5. The van der Waals surface area contributed by atoms with Crippen molar-refractivity contribution >= 4 is 5.69 Å². The maximum Gasteiger partial charge on any atom is 0.146 e. The molecule has 1 unspecified atom stereocenters. The summed E-state index contributed by atoms with van der Waals surface area (Å²) < 4.78 is 19.5. The normalized spacial score (nSPS) is 17.0. The molecule has 1 aromatic rings. The third-order valence-electron chi connectivity index (χ3n) is 3.65. The van der Waals surface area contributed by atoms with Crippen molar-refractivity contribution in [2.75, 3.05) is 58.4 Å². The predicted molar refractivity (Wildman–Crippen MR) is 85.7 cm³/mol. The van der Waals surface area contributed by atoms with Crippen LogP contribution in [0.15, 0.2) is 18.2 Å². The van der Waals surface area contributed by atoms with Gasteiger partial charge in [-0.25, -0.2) is 4.39 Å². The van der Waals surface area contributed by atoms with Crippen LogP contribution < -0.4 is 10.2 Å².